The molecule has 54 heavy (non-hydrogen) atoms. The monoisotopic (exact) mass is 896 g/mol. The van der Waals surface area contributed by atoms with E-state index in [4.69, 9.17) is 49.4 Å². The lowest BCUT2D eigenvalue weighted by molar-refractivity contribution is -0.0353. The predicted octanol–water partition coefficient (Wildman–Crippen LogP) is 7.79. The minimum Gasteiger partial charge on any atom is -0.373 e. The van der Waals surface area contributed by atoms with Crippen LogP contribution in [0.15, 0.2) is 18.7 Å². The standard InChI is InChI=1S/C32H68N2O12Si8/c1-26(2)17-47-35-48(18-27(3)4)38-51(21-30(9)10)40-49(36-47,19-28(5)6)42-53(23-32(13)14)43-50(37-47,20-29(7)8)41-52(39-48,22-31(11)12)45-54(44-51,46-53)25-34-16-15-33-24-34/h15-16,24,26-32H,17-23,25H2,1-14H3. The predicted molar refractivity (Wildman–Crippen MR) is 219 cm³/mol. The lowest BCUT2D eigenvalue weighted by atomic mass is 10.3. The minimum atomic E-state index is -4.07. The third-order valence-electron chi connectivity index (χ3n) is 9.28. The zero-order valence-electron chi connectivity index (χ0n) is 35.2. The SMILES string of the molecule is CC(C)C[Si]12O[Si]3(CC(C)C)O[Si]4(CC(C)C)O[Si](CC(C)C)(O1)O[Si]1(CC(C)C)O[Si](CC(C)C)(O2)O[Si](CC(C)C)(O3)O[Si](Cn2ccnc2)(O4)O1. The molecule has 0 spiro atoms. The Morgan fingerprint density at radius 3 is 0.722 bits per heavy atom. The van der Waals surface area contributed by atoms with Gasteiger partial charge < -0.3 is 53.9 Å². The first-order valence-corrected chi connectivity index (χ1v) is 35.8. The summed E-state index contributed by atoms with van der Waals surface area (Å²) >= 11 is 0. The molecule has 0 aliphatic carbocycles. The van der Waals surface area contributed by atoms with Gasteiger partial charge in [0.15, 0.2) is 0 Å². The molecule has 0 amide bonds. The molecule has 0 saturated carbocycles. The van der Waals surface area contributed by atoms with Crippen molar-refractivity contribution >= 4 is 70.4 Å². The molecule has 0 unspecified atom stereocenters. The molecule has 0 aromatic carbocycles. The van der Waals surface area contributed by atoms with Gasteiger partial charge in [-0.1, -0.05) is 96.9 Å². The fourth-order valence-electron chi connectivity index (χ4n) is 8.42. The van der Waals surface area contributed by atoms with Crippen molar-refractivity contribution in [3.8, 4) is 0 Å². The van der Waals surface area contributed by atoms with Crippen LogP contribution in [0.1, 0.15) is 96.9 Å². The quantitative estimate of drug-likeness (QED) is 0.150. The number of hydrogen-bond acceptors (Lipinski definition) is 13. The molecular weight excluding hydrogens is 829 g/mol. The summed E-state index contributed by atoms with van der Waals surface area (Å²) in [5.41, 5.74) is 0. The van der Waals surface area contributed by atoms with Gasteiger partial charge in [0, 0.05) is 54.7 Å². The molecule has 0 atom stereocenters. The van der Waals surface area contributed by atoms with Crippen molar-refractivity contribution in [3.05, 3.63) is 18.7 Å². The van der Waals surface area contributed by atoms with Crippen LogP contribution in [0, 0.1) is 41.4 Å². The number of imidazole rings is 1. The fourth-order valence-corrected chi connectivity index (χ4v) is 59.6. The molecule has 1 aromatic heterocycles. The summed E-state index contributed by atoms with van der Waals surface area (Å²) in [5.74, 6) is 0.813. The highest BCUT2D eigenvalue weighted by Gasteiger charge is 2.83. The molecule has 310 valence electrons. The van der Waals surface area contributed by atoms with Gasteiger partial charge in [0.05, 0.1) is 12.5 Å². The first kappa shape index (κ1) is 44.0. The van der Waals surface area contributed by atoms with Crippen LogP contribution >= 0.6 is 0 Å². The minimum absolute atomic E-state index is 0.107. The Morgan fingerprint density at radius 1 is 0.352 bits per heavy atom. The van der Waals surface area contributed by atoms with Gasteiger partial charge in [0.2, 0.25) is 0 Å². The van der Waals surface area contributed by atoms with E-state index in [2.05, 4.69) is 102 Å². The molecule has 1 aromatic rings. The normalized spacial score (nSPS) is 40.8. The molecule has 8 bridgehead atoms. The summed E-state index contributed by atoms with van der Waals surface area (Å²) in [6, 6.07) is 3.31. The van der Waals surface area contributed by atoms with Gasteiger partial charge in [-0.3, -0.25) is 0 Å². The molecule has 0 radical (unpaired) electrons. The second kappa shape index (κ2) is 15.8. The smallest absolute Gasteiger partial charge is 0.373 e. The van der Waals surface area contributed by atoms with Crippen molar-refractivity contribution in [2.24, 2.45) is 41.4 Å². The van der Waals surface area contributed by atoms with Gasteiger partial charge in [-0.25, -0.2) is 4.98 Å². The Kier molecular flexibility index (Phi) is 12.9. The summed E-state index contributed by atoms with van der Waals surface area (Å²) in [7, 11) is -31.5. The van der Waals surface area contributed by atoms with Gasteiger partial charge in [-0.15, -0.1) is 0 Å². The Labute approximate surface area is 333 Å². The lowest BCUT2D eigenvalue weighted by Gasteiger charge is -2.64. The summed E-state index contributed by atoms with van der Waals surface area (Å²) < 4.78 is 95.0. The highest BCUT2D eigenvalue weighted by atomic mass is 28.6. The topological polar surface area (TPSA) is 129 Å². The maximum atomic E-state index is 7.76. The van der Waals surface area contributed by atoms with Crippen molar-refractivity contribution in [1.29, 1.82) is 0 Å². The molecule has 22 heteroatoms. The van der Waals surface area contributed by atoms with Crippen LogP contribution < -0.4 is 0 Å². The second-order valence-electron chi connectivity index (χ2n) is 19.1. The number of aromatic nitrogens is 2. The van der Waals surface area contributed by atoms with Crippen molar-refractivity contribution in [2.75, 3.05) is 0 Å². The van der Waals surface area contributed by atoms with Crippen LogP contribution in [0.2, 0.25) is 42.3 Å². The zero-order chi connectivity index (χ0) is 39.6. The van der Waals surface area contributed by atoms with Crippen molar-refractivity contribution < 1.29 is 49.4 Å². The molecule has 6 fully saturated rings. The summed E-state index contributed by atoms with van der Waals surface area (Å²) in [6.07, 6.45) is 5.63. The van der Waals surface area contributed by atoms with Gasteiger partial charge >= 0.3 is 70.4 Å². The Balaban J connectivity index is 1.76. The van der Waals surface area contributed by atoms with Crippen LogP contribution in [0.3, 0.4) is 0 Å². The summed E-state index contributed by atoms with van der Waals surface area (Å²) in [6.45, 7) is 30.3. The molecule has 6 saturated heterocycles. The number of rotatable bonds is 16. The molecule has 6 aliphatic heterocycles. The van der Waals surface area contributed by atoms with E-state index in [-0.39, 0.29) is 47.6 Å². The number of nitrogens with zero attached hydrogens (tertiary/aromatic N) is 2. The highest BCUT2D eigenvalue weighted by Crippen LogP contribution is 2.55. The van der Waals surface area contributed by atoms with Crippen molar-refractivity contribution in [2.45, 2.75) is 145 Å². The molecule has 0 N–H and O–H groups in total. The Bertz CT molecular complexity index is 1290. The van der Waals surface area contributed by atoms with E-state index >= 15 is 0 Å². The molecule has 6 aliphatic rings. The van der Waals surface area contributed by atoms with E-state index in [1.54, 1.807) is 12.5 Å². The van der Waals surface area contributed by atoms with Crippen LogP contribution in [0.4, 0.5) is 0 Å². The van der Waals surface area contributed by atoms with Crippen LogP contribution in [0.5, 0.6) is 0 Å². The van der Waals surface area contributed by atoms with E-state index in [1.807, 2.05) is 10.8 Å². The third-order valence-corrected chi connectivity index (χ3v) is 49.1. The Hall–Kier alpha value is 0.465. The summed E-state index contributed by atoms with van der Waals surface area (Å²) in [4.78, 5) is 4.40. The van der Waals surface area contributed by atoms with Gasteiger partial charge in [-0.2, -0.15) is 0 Å². The highest BCUT2D eigenvalue weighted by molar-refractivity contribution is 7.03. The molecule has 7 rings (SSSR count). The van der Waals surface area contributed by atoms with Crippen molar-refractivity contribution in [3.63, 3.8) is 0 Å². The van der Waals surface area contributed by atoms with E-state index in [0.717, 1.165) is 0 Å². The maximum absolute atomic E-state index is 7.76. The maximum Gasteiger partial charge on any atom is 0.499 e. The van der Waals surface area contributed by atoms with Gasteiger partial charge in [0.25, 0.3) is 0 Å². The van der Waals surface area contributed by atoms with Crippen LogP contribution in [0.25, 0.3) is 0 Å². The van der Waals surface area contributed by atoms with Gasteiger partial charge in [0.1, 0.15) is 0 Å². The van der Waals surface area contributed by atoms with E-state index in [9.17, 15) is 0 Å². The zero-order valence-corrected chi connectivity index (χ0v) is 43.2. The third kappa shape index (κ3) is 9.74. The fraction of sp³-hybridized carbons (Fsp3) is 0.906. The first-order chi connectivity index (χ1) is 25.0. The largest absolute Gasteiger partial charge is 0.499 e. The average Bonchev–Trinajstić information content (AvgIpc) is 3.38. The second-order valence-corrected chi connectivity index (χ2v) is 43.0. The average molecular weight is 898 g/mol. The van der Waals surface area contributed by atoms with E-state index in [0.29, 0.717) is 42.3 Å². The molecule has 7 heterocycles. The Morgan fingerprint density at radius 2 is 0.556 bits per heavy atom. The number of hydrogen-bond donors (Lipinski definition) is 0. The van der Waals surface area contributed by atoms with Crippen LogP contribution in [-0.4, -0.2) is 80.0 Å². The lowest BCUT2D eigenvalue weighted by Crippen LogP contribution is -2.89. The summed E-state index contributed by atoms with van der Waals surface area (Å²) in [5, 5.41) is 0. The van der Waals surface area contributed by atoms with E-state index in [1.165, 1.54) is 0 Å². The van der Waals surface area contributed by atoms with Crippen LogP contribution in [-0.2, 0) is 55.5 Å². The van der Waals surface area contributed by atoms with E-state index < -0.39 is 70.4 Å². The van der Waals surface area contributed by atoms with Crippen molar-refractivity contribution in [1.82, 2.24) is 9.55 Å². The molecule has 14 nitrogen and oxygen atoms in total. The van der Waals surface area contributed by atoms with Gasteiger partial charge in [-0.05, 0) is 41.4 Å². The molecular formula is C32H68N2O12Si8. The first-order valence-electron chi connectivity index (χ1n) is 20.4.